The third-order valence-electron chi connectivity index (χ3n) is 3.99. The van der Waals surface area contributed by atoms with Crippen molar-refractivity contribution in [2.24, 2.45) is 5.92 Å². The smallest absolute Gasteiger partial charge is 0.237 e. The summed E-state index contributed by atoms with van der Waals surface area (Å²) in [6.07, 6.45) is 3.27. The number of rotatable bonds is 5. The van der Waals surface area contributed by atoms with Gasteiger partial charge in [-0.2, -0.15) is 4.31 Å². The van der Waals surface area contributed by atoms with Gasteiger partial charge in [0.05, 0.1) is 12.8 Å². The van der Waals surface area contributed by atoms with E-state index in [4.69, 9.17) is 0 Å². The zero-order valence-corrected chi connectivity index (χ0v) is 14.1. The van der Waals surface area contributed by atoms with Crippen molar-refractivity contribution in [3.8, 4) is 0 Å². The van der Waals surface area contributed by atoms with E-state index in [1.54, 1.807) is 4.90 Å². The first-order chi connectivity index (χ1) is 10.4. The molecule has 1 amide bonds. The Morgan fingerprint density at radius 2 is 2.00 bits per heavy atom. The number of hydrogen-bond acceptors (Lipinski definition) is 3. The van der Waals surface area contributed by atoms with E-state index in [9.17, 15) is 13.2 Å². The van der Waals surface area contributed by atoms with Crippen LogP contribution in [0.5, 0.6) is 0 Å². The average Bonchev–Trinajstić information content (AvgIpc) is 2.46. The van der Waals surface area contributed by atoms with E-state index >= 15 is 0 Å². The number of hydrogen-bond donors (Lipinski definition) is 0. The molecule has 1 atom stereocenters. The molecule has 0 bridgehead atoms. The van der Waals surface area contributed by atoms with Gasteiger partial charge in [-0.1, -0.05) is 37.3 Å². The van der Waals surface area contributed by atoms with Crippen LogP contribution < -0.4 is 0 Å². The second-order valence-corrected chi connectivity index (χ2v) is 8.09. The molecule has 22 heavy (non-hydrogen) atoms. The second-order valence-electron chi connectivity index (χ2n) is 6.10. The quantitative estimate of drug-likeness (QED) is 0.828. The Hall–Kier alpha value is -1.40. The van der Waals surface area contributed by atoms with Crippen LogP contribution in [0.25, 0.3) is 0 Å². The molecule has 1 aromatic carbocycles. The Morgan fingerprint density at radius 1 is 1.32 bits per heavy atom. The lowest BCUT2D eigenvalue weighted by molar-refractivity contribution is -0.133. The van der Waals surface area contributed by atoms with E-state index in [0.717, 1.165) is 37.8 Å². The molecule has 0 spiro atoms. The van der Waals surface area contributed by atoms with Crippen LogP contribution in [-0.4, -0.2) is 49.4 Å². The van der Waals surface area contributed by atoms with E-state index in [2.05, 4.69) is 6.92 Å². The Bertz CT molecular complexity index is 601. The highest BCUT2D eigenvalue weighted by molar-refractivity contribution is 7.88. The number of carbonyl (C=O) groups is 1. The molecule has 1 unspecified atom stereocenters. The number of sulfonamides is 1. The monoisotopic (exact) mass is 324 g/mol. The fourth-order valence-electron chi connectivity index (χ4n) is 2.74. The minimum absolute atomic E-state index is 0.0829. The number of nitrogens with zero attached hydrogens (tertiary/aromatic N) is 2. The lowest BCUT2D eigenvalue weighted by atomic mass is 10.0. The molecule has 1 fully saturated rings. The fraction of sp³-hybridized carbons (Fsp3) is 0.562. The molecule has 0 N–H and O–H groups in total. The van der Waals surface area contributed by atoms with E-state index < -0.39 is 10.0 Å². The molecule has 2 rings (SSSR count). The summed E-state index contributed by atoms with van der Waals surface area (Å²) in [5.41, 5.74) is 0.882. The lowest BCUT2D eigenvalue weighted by Gasteiger charge is -2.32. The lowest BCUT2D eigenvalue weighted by Crippen LogP contribution is -2.45. The molecular formula is C16H24N2O3S. The van der Waals surface area contributed by atoms with Crippen LogP contribution in [0.15, 0.2) is 30.3 Å². The Balaban J connectivity index is 2.05. The molecule has 1 aliphatic rings. The van der Waals surface area contributed by atoms with Gasteiger partial charge in [0.1, 0.15) is 0 Å². The maximum atomic E-state index is 12.4. The van der Waals surface area contributed by atoms with Crippen molar-refractivity contribution in [1.29, 1.82) is 0 Å². The van der Waals surface area contributed by atoms with Gasteiger partial charge >= 0.3 is 0 Å². The molecule has 0 saturated carbocycles. The van der Waals surface area contributed by atoms with Gasteiger partial charge in [0.15, 0.2) is 0 Å². The van der Waals surface area contributed by atoms with E-state index in [-0.39, 0.29) is 19.0 Å². The van der Waals surface area contributed by atoms with Crippen LogP contribution in [-0.2, 0) is 21.4 Å². The van der Waals surface area contributed by atoms with Gasteiger partial charge < -0.3 is 4.90 Å². The summed E-state index contributed by atoms with van der Waals surface area (Å²) in [4.78, 5) is 14.2. The van der Waals surface area contributed by atoms with E-state index in [0.29, 0.717) is 5.92 Å². The minimum atomic E-state index is -3.42. The highest BCUT2D eigenvalue weighted by Gasteiger charge is 2.26. The Morgan fingerprint density at radius 3 is 2.59 bits per heavy atom. The summed E-state index contributed by atoms with van der Waals surface area (Å²) >= 11 is 0. The summed E-state index contributed by atoms with van der Waals surface area (Å²) < 4.78 is 25.2. The van der Waals surface area contributed by atoms with Crippen LogP contribution in [0.2, 0.25) is 0 Å². The van der Waals surface area contributed by atoms with Crippen LogP contribution in [0, 0.1) is 5.92 Å². The number of piperidine rings is 1. The third-order valence-corrected chi connectivity index (χ3v) is 5.19. The molecule has 6 heteroatoms. The van der Waals surface area contributed by atoms with Crippen LogP contribution in [0.3, 0.4) is 0 Å². The zero-order valence-electron chi connectivity index (χ0n) is 13.2. The van der Waals surface area contributed by atoms with Gasteiger partial charge in [-0.15, -0.1) is 0 Å². The molecule has 0 aromatic heterocycles. The molecule has 122 valence electrons. The van der Waals surface area contributed by atoms with Crippen molar-refractivity contribution < 1.29 is 13.2 Å². The molecule has 1 aromatic rings. The Kier molecular flexibility index (Phi) is 5.58. The van der Waals surface area contributed by atoms with Crippen LogP contribution >= 0.6 is 0 Å². The third kappa shape index (κ3) is 4.81. The largest absolute Gasteiger partial charge is 0.341 e. The SMILES string of the molecule is CC1CCCN(C(=O)CN(Cc2ccccc2)S(C)(=O)=O)C1. The van der Waals surface area contributed by atoms with Gasteiger partial charge in [0, 0.05) is 19.6 Å². The predicted octanol–water partition coefficient (Wildman–Crippen LogP) is 1.71. The molecule has 1 heterocycles. The van der Waals surface area contributed by atoms with Crippen molar-refractivity contribution in [2.45, 2.75) is 26.3 Å². The summed E-state index contributed by atoms with van der Waals surface area (Å²) in [6.45, 7) is 3.72. The van der Waals surface area contributed by atoms with Crippen molar-refractivity contribution >= 4 is 15.9 Å². The number of amides is 1. The number of benzene rings is 1. The molecule has 1 saturated heterocycles. The zero-order chi connectivity index (χ0) is 16.2. The van der Waals surface area contributed by atoms with Crippen molar-refractivity contribution in [3.63, 3.8) is 0 Å². The Labute approximate surface area is 133 Å². The van der Waals surface area contributed by atoms with Gasteiger partial charge in [-0.25, -0.2) is 8.42 Å². The van der Waals surface area contributed by atoms with Gasteiger partial charge in [0.25, 0.3) is 0 Å². The first-order valence-corrected chi connectivity index (χ1v) is 9.48. The number of likely N-dealkylation sites (tertiary alicyclic amines) is 1. The standard InChI is InChI=1S/C16H24N2O3S/c1-14-7-6-10-17(11-14)16(19)13-18(22(2,20)21)12-15-8-4-3-5-9-15/h3-5,8-9,14H,6-7,10-13H2,1-2H3. The molecule has 5 nitrogen and oxygen atoms in total. The molecule has 1 aliphatic heterocycles. The van der Waals surface area contributed by atoms with Gasteiger partial charge in [-0.05, 0) is 24.3 Å². The maximum absolute atomic E-state index is 12.4. The van der Waals surface area contributed by atoms with Crippen molar-refractivity contribution in [1.82, 2.24) is 9.21 Å². The predicted molar refractivity (Wildman–Crippen MR) is 86.7 cm³/mol. The summed E-state index contributed by atoms with van der Waals surface area (Å²) in [6, 6.07) is 9.35. The molecular weight excluding hydrogens is 300 g/mol. The summed E-state index contributed by atoms with van der Waals surface area (Å²) in [7, 11) is -3.42. The topological polar surface area (TPSA) is 57.7 Å². The summed E-state index contributed by atoms with van der Waals surface area (Å²) in [5, 5.41) is 0. The van der Waals surface area contributed by atoms with Gasteiger partial charge in [0.2, 0.25) is 15.9 Å². The molecule has 0 aliphatic carbocycles. The minimum Gasteiger partial charge on any atom is -0.341 e. The average molecular weight is 324 g/mol. The molecule has 0 radical (unpaired) electrons. The van der Waals surface area contributed by atoms with E-state index in [1.807, 2.05) is 30.3 Å². The summed E-state index contributed by atoms with van der Waals surface area (Å²) in [5.74, 6) is 0.381. The normalized spacial score (nSPS) is 19.4. The fourth-order valence-corrected chi connectivity index (χ4v) is 3.47. The maximum Gasteiger partial charge on any atom is 0.237 e. The first-order valence-electron chi connectivity index (χ1n) is 7.63. The van der Waals surface area contributed by atoms with Crippen molar-refractivity contribution in [3.05, 3.63) is 35.9 Å². The van der Waals surface area contributed by atoms with Crippen LogP contribution in [0.4, 0.5) is 0 Å². The number of carbonyl (C=O) groups excluding carboxylic acids is 1. The van der Waals surface area contributed by atoms with E-state index in [1.165, 1.54) is 4.31 Å². The van der Waals surface area contributed by atoms with Crippen LogP contribution in [0.1, 0.15) is 25.3 Å². The highest BCUT2D eigenvalue weighted by Crippen LogP contribution is 2.16. The van der Waals surface area contributed by atoms with Gasteiger partial charge in [-0.3, -0.25) is 4.79 Å². The highest BCUT2D eigenvalue weighted by atomic mass is 32.2. The first kappa shape index (κ1) is 17.0. The van der Waals surface area contributed by atoms with Crippen molar-refractivity contribution in [2.75, 3.05) is 25.9 Å². The second kappa shape index (κ2) is 7.24.